The van der Waals surface area contributed by atoms with Gasteiger partial charge in [-0.2, -0.15) is 13.2 Å². The number of alkyl halides is 3. The van der Waals surface area contributed by atoms with Gasteiger partial charge in [0, 0.05) is 51.1 Å². The van der Waals surface area contributed by atoms with Crippen LogP contribution in [0.1, 0.15) is 15.9 Å². The third kappa shape index (κ3) is 6.89. The molecule has 2 aromatic heterocycles. The van der Waals surface area contributed by atoms with E-state index >= 15 is 0 Å². The lowest BCUT2D eigenvalue weighted by molar-refractivity contribution is -0.138. The van der Waals surface area contributed by atoms with Gasteiger partial charge in [0.05, 0.1) is 31.2 Å². The Labute approximate surface area is 243 Å². The molecule has 0 spiro atoms. The van der Waals surface area contributed by atoms with E-state index in [1.54, 1.807) is 13.3 Å². The van der Waals surface area contributed by atoms with Crippen molar-refractivity contribution in [1.82, 2.24) is 24.8 Å². The number of carbonyl (C=O) groups excluding carboxylic acids is 1. The molecule has 5 rings (SSSR count). The average molecular weight is 601 g/mol. The van der Waals surface area contributed by atoms with Crippen molar-refractivity contribution in [3.63, 3.8) is 0 Å². The van der Waals surface area contributed by atoms with Crippen LogP contribution < -0.4 is 20.3 Å². The van der Waals surface area contributed by atoms with Gasteiger partial charge in [0.25, 0.3) is 5.91 Å². The molecule has 1 amide bonds. The SMILES string of the molecule is COCCN1CCN(c2ncc3ncnc(Nc4cc(C(=O)Nc5ccc(OC)c(C(F)(F)F)c5)ccc4F)c3n2)CC1. The van der Waals surface area contributed by atoms with Crippen LogP contribution in [0.3, 0.4) is 0 Å². The second kappa shape index (κ2) is 12.7. The molecule has 0 saturated carbocycles. The van der Waals surface area contributed by atoms with Crippen molar-refractivity contribution < 1.29 is 31.8 Å². The highest BCUT2D eigenvalue weighted by atomic mass is 19.4. The first kappa shape index (κ1) is 29.8. The zero-order chi connectivity index (χ0) is 30.6. The molecule has 3 heterocycles. The number of aromatic nitrogens is 4. The van der Waals surface area contributed by atoms with Crippen molar-refractivity contribution in [3.05, 3.63) is 65.9 Å². The molecule has 0 unspecified atom stereocenters. The van der Waals surface area contributed by atoms with Gasteiger partial charge in [0.15, 0.2) is 5.82 Å². The summed E-state index contributed by atoms with van der Waals surface area (Å²) in [6.07, 6.45) is -1.86. The van der Waals surface area contributed by atoms with E-state index < -0.39 is 23.5 Å². The Balaban J connectivity index is 1.35. The van der Waals surface area contributed by atoms with E-state index in [0.717, 1.165) is 44.9 Å². The highest BCUT2D eigenvalue weighted by molar-refractivity contribution is 6.05. The van der Waals surface area contributed by atoms with Crippen molar-refractivity contribution in [2.24, 2.45) is 0 Å². The minimum Gasteiger partial charge on any atom is -0.496 e. The van der Waals surface area contributed by atoms with E-state index in [4.69, 9.17) is 9.47 Å². The molecule has 1 fully saturated rings. The second-order valence-corrected chi connectivity index (χ2v) is 9.63. The van der Waals surface area contributed by atoms with Crippen LogP contribution in [0.15, 0.2) is 48.9 Å². The quantitative estimate of drug-likeness (QED) is 0.269. The van der Waals surface area contributed by atoms with Crippen molar-refractivity contribution >= 4 is 40.1 Å². The third-order valence-electron chi connectivity index (χ3n) is 6.88. The van der Waals surface area contributed by atoms with Crippen LogP contribution in [0, 0.1) is 5.82 Å². The van der Waals surface area contributed by atoms with Gasteiger partial charge in [-0.3, -0.25) is 9.69 Å². The minimum atomic E-state index is -4.69. The van der Waals surface area contributed by atoms with Crippen LogP contribution in [0.2, 0.25) is 0 Å². The number of methoxy groups -OCH3 is 2. The Kier molecular flexibility index (Phi) is 8.82. The Morgan fingerprint density at radius 3 is 2.53 bits per heavy atom. The fourth-order valence-electron chi connectivity index (χ4n) is 4.58. The molecule has 1 saturated heterocycles. The van der Waals surface area contributed by atoms with Gasteiger partial charge in [-0.15, -0.1) is 0 Å². The molecule has 1 aliphatic rings. The van der Waals surface area contributed by atoms with Crippen LogP contribution in [-0.4, -0.2) is 84.3 Å². The smallest absolute Gasteiger partial charge is 0.420 e. The van der Waals surface area contributed by atoms with E-state index in [-0.39, 0.29) is 28.5 Å². The highest BCUT2D eigenvalue weighted by Gasteiger charge is 2.34. The van der Waals surface area contributed by atoms with Gasteiger partial charge in [-0.25, -0.2) is 24.3 Å². The lowest BCUT2D eigenvalue weighted by atomic mass is 10.1. The van der Waals surface area contributed by atoms with Crippen molar-refractivity contribution in [1.29, 1.82) is 0 Å². The summed E-state index contributed by atoms with van der Waals surface area (Å²) in [5.41, 5.74) is -0.476. The zero-order valence-electron chi connectivity index (χ0n) is 23.3. The first-order valence-corrected chi connectivity index (χ1v) is 13.2. The molecule has 0 atom stereocenters. The van der Waals surface area contributed by atoms with Gasteiger partial charge in [-0.1, -0.05) is 0 Å². The Bertz CT molecular complexity index is 1610. The molecule has 15 heteroatoms. The largest absolute Gasteiger partial charge is 0.496 e. The molecule has 0 bridgehead atoms. The summed E-state index contributed by atoms with van der Waals surface area (Å²) in [4.78, 5) is 34.8. The van der Waals surface area contributed by atoms with Crippen LogP contribution in [0.5, 0.6) is 5.75 Å². The first-order chi connectivity index (χ1) is 20.7. The molecule has 2 aromatic carbocycles. The molecule has 1 aliphatic heterocycles. The van der Waals surface area contributed by atoms with Gasteiger partial charge in [0.2, 0.25) is 5.95 Å². The van der Waals surface area contributed by atoms with Gasteiger partial charge < -0.3 is 25.0 Å². The third-order valence-corrected chi connectivity index (χ3v) is 6.88. The van der Waals surface area contributed by atoms with E-state index in [1.165, 1.54) is 24.5 Å². The minimum absolute atomic E-state index is 0.00621. The predicted octanol–water partition coefficient (Wildman–Crippen LogP) is 4.35. The van der Waals surface area contributed by atoms with Crippen LogP contribution in [-0.2, 0) is 10.9 Å². The van der Waals surface area contributed by atoms with Crippen LogP contribution >= 0.6 is 0 Å². The molecule has 2 N–H and O–H groups in total. The Morgan fingerprint density at radius 1 is 1.02 bits per heavy atom. The summed E-state index contributed by atoms with van der Waals surface area (Å²) >= 11 is 0. The topological polar surface area (TPSA) is 118 Å². The number of hydrogen-bond donors (Lipinski definition) is 2. The van der Waals surface area contributed by atoms with Crippen molar-refractivity contribution in [2.75, 3.05) is 69.1 Å². The van der Waals surface area contributed by atoms with E-state index in [1.807, 2.05) is 4.90 Å². The number of nitrogens with one attached hydrogen (secondary N) is 2. The van der Waals surface area contributed by atoms with E-state index in [9.17, 15) is 22.4 Å². The number of fused-ring (bicyclic) bond motifs is 1. The van der Waals surface area contributed by atoms with E-state index in [0.29, 0.717) is 36.7 Å². The molecule has 226 valence electrons. The van der Waals surface area contributed by atoms with Crippen molar-refractivity contribution in [2.45, 2.75) is 6.18 Å². The number of rotatable bonds is 9. The monoisotopic (exact) mass is 600 g/mol. The summed E-state index contributed by atoms with van der Waals surface area (Å²) < 4.78 is 65.0. The number of ether oxygens (including phenoxy) is 2. The maximum Gasteiger partial charge on any atom is 0.420 e. The number of carbonyl (C=O) groups is 1. The fourth-order valence-corrected chi connectivity index (χ4v) is 4.58. The van der Waals surface area contributed by atoms with E-state index in [2.05, 4.69) is 35.5 Å². The molecule has 0 aliphatic carbocycles. The molecular formula is C28H28F4N8O3. The maximum atomic E-state index is 14.9. The number of amides is 1. The summed E-state index contributed by atoms with van der Waals surface area (Å²) in [6, 6.07) is 6.66. The highest BCUT2D eigenvalue weighted by Crippen LogP contribution is 2.38. The number of benzene rings is 2. The van der Waals surface area contributed by atoms with Gasteiger partial charge in [0.1, 0.15) is 28.9 Å². The lowest BCUT2D eigenvalue weighted by Crippen LogP contribution is -2.47. The summed E-state index contributed by atoms with van der Waals surface area (Å²) in [6.45, 7) is 4.53. The van der Waals surface area contributed by atoms with Crippen LogP contribution in [0.25, 0.3) is 11.0 Å². The second-order valence-electron chi connectivity index (χ2n) is 9.63. The fraction of sp³-hybridized carbons (Fsp3) is 0.321. The standard InChI is InChI=1S/C28H28F4N8O3/c1-42-12-11-39-7-9-40(10-8-39)27-33-15-22-24(38-27)25(35-16-34-22)37-21-13-17(3-5-20(21)29)26(41)36-18-4-6-23(43-2)19(14-18)28(30,31)32/h3-6,13-16H,7-12H2,1-2H3,(H,36,41)(H,34,35,37). The zero-order valence-corrected chi connectivity index (χ0v) is 23.3. The number of hydrogen-bond acceptors (Lipinski definition) is 10. The summed E-state index contributed by atoms with van der Waals surface area (Å²) in [7, 11) is 2.79. The molecule has 0 radical (unpaired) electrons. The van der Waals surface area contributed by atoms with Gasteiger partial charge >= 0.3 is 6.18 Å². The molecular weight excluding hydrogens is 572 g/mol. The summed E-state index contributed by atoms with van der Waals surface area (Å²) in [5, 5.41) is 5.29. The Hall–Kier alpha value is -4.63. The number of nitrogens with zero attached hydrogens (tertiary/aromatic N) is 6. The Morgan fingerprint density at radius 2 is 1.81 bits per heavy atom. The normalized spacial score (nSPS) is 14.1. The number of halogens is 4. The lowest BCUT2D eigenvalue weighted by Gasteiger charge is -2.34. The van der Waals surface area contributed by atoms with Crippen LogP contribution in [0.4, 0.5) is 40.7 Å². The number of anilines is 4. The van der Waals surface area contributed by atoms with Crippen molar-refractivity contribution in [3.8, 4) is 5.75 Å². The average Bonchev–Trinajstić information content (AvgIpc) is 3.00. The maximum absolute atomic E-state index is 14.9. The predicted molar refractivity (Wildman–Crippen MR) is 151 cm³/mol. The van der Waals surface area contributed by atoms with Gasteiger partial charge in [-0.05, 0) is 36.4 Å². The summed E-state index contributed by atoms with van der Waals surface area (Å²) in [5.74, 6) is -1.15. The molecule has 43 heavy (non-hydrogen) atoms. The number of piperazine rings is 1. The molecule has 4 aromatic rings. The molecule has 11 nitrogen and oxygen atoms in total. The first-order valence-electron chi connectivity index (χ1n) is 13.2.